The van der Waals surface area contributed by atoms with Crippen LogP contribution >= 0.6 is 11.7 Å². The van der Waals surface area contributed by atoms with Crippen LogP contribution in [0.25, 0.3) is 0 Å². The van der Waals surface area contributed by atoms with E-state index in [0.717, 1.165) is 23.5 Å². The number of benzene rings is 1. The van der Waals surface area contributed by atoms with Gasteiger partial charge in [-0.05, 0) is 26.0 Å². The van der Waals surface area contributed by atoms with E-state index >= 15 is 0 Å². The Bertz CT molecular complexity index is 949. The summed E-state index contributed by atoms with van der Waals surface area (Å²) in [6.45, 7) is 3.68. The van der Waals surface area contributed by atoms with Gasteiger partial charge in [0.05, 0.1) is 46.6 Å². The minimum absolute atomic E-state index is 0.0529. The molecule has 0 atom stereocenters. The molecule has 0 saturated heterocycles. The van der Waals surface area contributed by atoms with E-state index < -0.39 is 17.6 Å². The zero-order chi connectivity index (χ0) is 18.9. The minimum Gasteiger partial charge on any atom is -0.320 e. The number of anilines is 1. The Hall–Kier alpha value is -2.82. The van der Waals surface area contributed by atoms with Gasteiger partial charge in [-0.25, -0.2) is 4.68 Å². The number of hydrogen-bond acceptors (Lipinski definition) is 6. The molecule has 0 saturated carbocycles. The highest BCUT2D eigenvalue weighted by atomic mass is 32.1. The summed E-state index contributed by atoms with van der Waals surface area (Å²) in [7, 11) is 0. The van der Waals surface area contributed by atoms with Crippen LogP contribution in [-0.2, 0) is 12.7 Å². The highest BCUT2D eigenvalue weighted by molar-refractivity contribution is 6.99. The van der Waals surface area contributed by atoms with Crippen LogP contribution < -0.4 is 5.32 Å². The minimum atomic E-state index is -4.58. The molecule has 3 aromatic rings. The van der Waals surface area contributed by atoms with E-state index in [2.05, 4.69) is 24.4 Å². The van der Waals surface area contributed by atoms with E-state index in [9.17, 15) is 18.0 Å². The van der Waals surface area contributed by atoms with Gasteiger partial charge in [0.25, 0.3) is 5.91 Å². The third kappa shape index (κ3) is 3.57. The number of nitrogens with zero attached hydrogens (tertiary/aromatic N) is 5. The average molecular weight is 382 g/mol. The summed E-state index contributed by atoms with van der Waals surface area (Å²) < 4.78 is 48.8. The fourth-order valence-corrected chi connectivity index (χ4v) is 2.83. The van der Waals surface area contributed by atoms with Gasteiger partial charge < -0.3 is 5.32 Å². The van der Waals surface area contributed by atoms with Crippen molar-refractivity contribution in [2.45, 2.75) is 26.6 Å². The van der Waals surface area contributed by atoms with E-state index in [1.165, 1.54) is 22.9 Å². The van der Waals surface area contributed by atoms with E-state index in [1.807, 2.05) is 0 Å². The highest BCUT2D eigenvalue weighted by Crippen LogP contribution is 2.34. The largest absolute Gasteiger partial charge is 0.418 e. The van der Waals surface area contributed by atoms with E-state index in [4.69, 9.17) is 0 Å². The SMILES string of the molecule is Cc1nsnc1Cn1nnc(C(=O)Nc2ccccc2C(F)(F)F)c1C. The second-order valence-corrected chi connectivity index (χ2v) is 6.00. The Kier molecular flexibility index (Phi) is 4.72. The number of carbonyl (C=O) groups excluding carboxylic acids is 1. The summed E-state index contributed by atoms with van der Waals surface area (Å²) >= 11 is 1.06. The molecule has 136 valence electrons. The maximum absolute atomic E-state index is 13.0. The molecule has 0 aliphatic carbocycles. The van der Waals surface area contributed by atoms with Crippen molar-refractivity contribution in [3.05, 3.63) is 52.6 Å². The van der Waals surface area contributed by atoms with Gasteiger partial charge in [0.1, 0.15) is 0 Å². The number of amides is 1. The molecule has 0 aliphatic rings. The van der Waals surface area contributed by atoms with Crippen molar-refractivity contribution in [3.63, 3.8) is 0 Å². The van der Waals surface area contributed by atoms with Crippen molar-refractivity contribution in [3.8, 4) is 0 Å². The Morgan fingerprint density at radius 2 is 1.96 bits per heavy atom. The lowest BCUT2D eigenvalue weighted by Gasteiger charge is -2.13. The first kappa shape index (κ1) is 18.0. The molecule has 11 heteroatoms. The molecular weight excluding hydrogens is 369 g/mol. The van der Waals surface area contributed by atoms with Crippen LogP contribution in [0.2, 0.25) is 0 Å². The second-order valence-electron chi connectivity index (χ2n) is 5.47. The maximum Gasteiger partial charge on any atom is 0.418 e. The number of para-hydroxylation sites is 1. The zero-order valence-corrected chi connectivity index (χ0v) is 14.5. The van der Waals surface area contributed by atoms with E-state index in [1.54, 1.807) is 13.8 Å². The van der Waals surface area contributed by atoms with E-state index in [0.29, 0.717) is 11.4 Å². The predicted octanol–water partition coefficient (Wildman–Crippen LogP) is 3.07. The fourth-order valence-electron chi connectivity index (χ4n) is 2.28. The van der Waals surface area contributed by atoms with E-state index in [-0.39, 0.29) is 17.9 Å². The van der Waals surface area contributed by atoms with Crippen LogP contribution in [-0.4, -0.2) is 29.6 Å². The quantitative estimate of drug-likeness (QED) is 0.750. The number of aromatic nitrogens is 5. The summed E-state index contributed by atoms with van der Waals surface area (Å²) in [6.07, 6.45) is -4.58. The summed E-state index contributed by atoms with van der Waals surface area (Å²) in [5.74, 6) is -0.765. The Morgan fingerprint density at radius 3 is 2.62 bits per heavy atom. The Labute approximate surface area is 150 Å². The summed E-state index contributed by atoms with van der Waals surface area (Å²) in [5, 5.41) is 9.93. The van der Waals surface area contributed by atoms with Gasteiger partial charge in [-0.3, -0.25) is 4.79 Å². The average Bonchev–Trinajstić information content (AvgIpc) is 3.14. The van der Waals surface area contributed by atoms with Gasteiger partial charge in [-0.1, -0.05) is 17.3 Å². The second kappa shape index (κ2) is 6.83. The molecule has 0 spiro atoms. The number of aryl methyl sites for hydroxylation is 1. The van der Waals surface area contributed by atoms with Crippen LogP contribution in [0.15, 0.2) is 24.3 Å². The normalized spacial score (nSPS) is 11.6. The predicted molar refractivity (Wildman–Crippen MR) is 87.9 cm³/mol. The third-order valence-corrected chi connectivity index (χ3v) is 4.38. The van der Waals surface area contributed by atoms with Gasteiger partial charge in [-0.2, -0.15) is 21.9 Å². The first-order chi connectivity index (χ1) is 12.3. The topological polar surface area (TPSA) is 85.6 Å². The maximum atomic E-state index is 13.0. The van der Waals surface area contributed by atoms with Gasteiger partial charge >= 0.3 is 6.18 Å². The van der Waals surface area contributed by atoms with Gasteiger partial charge in [0, 0.05) is 0 Å². The summed E-state index contributed by atoms with van der Waals surface area (Å²) in [5.41, 5.74) is 0.538. The number of halogens is 3. The molecule has 1 aromatic carbocycles. The van der Waals surface area contributed by atoms with Crippen LogP contribution in [0.1, 0.15) is 33.1 Å². The molecule has 7 nitrogen and oxygen atoms in total. The molecule has 0 radical (unpaired) electrons. The Morgan fingerprint density at radius 1 is 1.23 bits per heavy atom. The van der Waals surface area contributed by atoms with Crippen LogP contribution in [0.3, 0.4) is 0 Å². The van der Waals surface area contributed by atoms with Crippen molar-refractivity contribution >= 4 is 23.3 Å². The molecule has 0 aliphatic heterocycles. The lowest BCUT2D eigenvalue weighted by molar-refractivity contribution is -0.136. The van der Waals surface area contributed by atoms with Crippen molar-refractivity contribution in [2.24, 2.45) is 0 Å². The molecule has 26 heavy (non-hydrogen) atoms. The standard InChI is InChI=1S/C15H13F3N6OS/c1-8-12(22-26-21-8)7-24-9(2)13(20-23-24)14(25)19-11-6-4-3-5-10(11)15(16,17)18/h3-6H,7H2,1-2H3,(H,19,25). The molecule has 0 bridgehead atoms. The molecule has 2 heterocycles. The lowest BCUT2D eigenvalue weighted by atomic mass is 10.1. The van der Waals surface area contributed by atoms with Gasteiger partial charge in [0.2, 0.25) is 0 Å². The number of alkyl halides is 3. The number of carbonyl (C=O) groups is 1. The molecule has 3 rings (SSSR count). The summed E-state index contributed by atoms with van der Waals surface area (Å²) in [6, 6.07) is 4.75. The van der Waals surface area contributed by atoms with Crippen molar-refractivity contribution in [1.29, 1.82) is 0 Å². The first-order valence-electron chi connectivity index (χ1n) is 7.43. The molecule has 0 fully saturated rings. The smallest absolute Gasteiger partial charge is 0.320 e. The molecular formula is C15H13F3N6OS. The van der Waals surface area contributed by atoms with Crippen LogP contribution in [0.5, 0.6) is 0 Å². The lowest BCUT2D eigenvalue weighted by Crippen LogP contribution is -2.18. The van der Waals surface area contributed by atoms with Crippen LogP contribution in [0, 0.1) is 13.8 Å². The zero-order valence-electron chi connectivity index (χ0n) is 13.7. The number of nitrogens with one attached hydrogen (secondary N) is 1. The van der Waals surface area contributed by atoms with Gasteiger partial charge in [0.15, 0.2) is 5.69 Å². The molecule has 1 N–H and O–H groups in total. The first-order valence-corrected chi connectivity index (χ1v) is 8.16. The van der Waals surface area contributed by atoms with Crippen LogP contribution in [0.4, 0.5) is 18.9 Å². The van der Waals surface area contributed by atoms with Gasteiger partial charge in [-0.15, -0.1) is 5.10 Å². The van der Waals surface area contributed by atoms with Crippen molar-refractivity contribution in [1.82, 2.24) is 23.7 Å². The monoisotopic (exact) mass is 382 g/mol. The summed E-state index contributed by atoms with van der Waals surface area (Å²) in [4.78, 5) is 12.4. The molecule has 2 aromatic heterocycles. The fraction of sp³-hybridized carbons (Fsp3) is 0.267. The highest BCUT2D eigenvalue weighted by Gasteiger charge is 2.34. The van der Waals surface area contributed by atoms with Crippen molar-refractivity contribution < 1.29 is 18.0 Å². The van der Waals surface area contributed by atoms with Crippen molar-refractivity contribution in [2.75, 3.05) is 5.32 Å². The Balaban J connectivity index is 1.83. The molecule has 1 amide bonds. The molecule has 0 unspecified atom stereocenters. The number of rotatable bonds is 4. The number of hydrogen-bond donors (Lipinski definition) is 1. The third-order valence-electron chi connectivity index (χ3n) is 3.72.